The average Bonchev–Trinajstić information content (AvgIpc) is 3.14. The van der Waals surface area contributed by atoms with E-state index in [1.165, 1.54) is 41.4 Å². The lowest BCUT2D eigenvalue weighted by atomic mass is 10.2. The van der Waals surface area contributed by atoms with Crippen LogP contribution in [0, 0.1) is 0 Å². The van der Waals surface area contributed by atoms with Gasteiger partial charge in [0.1, 0.15) is 0 Å². The van der Waals surface area contributed by atoms with Crippen molar-refractivity contribution >= 4 is 51.3 Å². The quantitative estimate of drug-likeness (QED) is 0.549. The van der Waals surface area contributed by atoms with Crippen LogP contribution in [-0.2, 0) is 11.3 Å². The topological polar surface area (TPSA) is 84.0 Å². The van der Waals surface area contributed by atoms with Crippen molar-refractivity contribution in [2.75, 3.05) is 11.9 Å². The first-order chi connectivity index (χ1) is 11.0. The van der Waals surface area contributed by atoms with Crippen LogP contribution in [0.2, 0.25) is 0 Å². The third-order valence-corrected chi connectivity index (χ3v) is 5.96. The number of carbonyl (C=O) groups excluding carboxylic acids is 2. The maximum absolute atomic E-state index is 12.5. The Labute approximate surface area is 147 Å². The van der Waals surface area contributed by atoms with Gasteiger partial charge in [0.15, 0.2) is 10.1 Å². The minimum absolute atomic E-state index is 0.0641. The van der Waals surface area contributed by atoms with Gasteiger partial charge in [0.05, 0.1) is 16.7 Å². The number of amides is 1. The fourth-order valence-electron chi connectivity index (χ4n) is 1.70. The molecule has 2 rings (SSSR count). The van der Waals surface area contributed by atoms with Gasteiger partial charge in [-0.15, -0.1) is 21.5 Å². The zero-order valence-electron chi connectivity index (χ0n) is 13.1. The van der Waals surface area contributed by atoms with E-state index < -0.39 is 0 Å². The molecule has 0 aliphatic rings. The molecule has 1 amide bonds. The van der Waals surface area contributed by atoms with Crippen molar-refractivity contribution in [3.8, 4) is 0 Å². The molecule has 0 aliphatic carbocycles. The van der Waals surface area contributed by atoms with Crippen molar-refractivity contribution in [3.63, 3.8) is 0 Å². The van der Waals surface area contributed by atoms with Crippen molar-refractivity contribution in [1.82, 2.24) is 15.5 Å². The Hall–Kier alpha value is -1.45. The third-order valence-electron chi connectivity index (χ3n) is 2.80. The number of thioether (sulfide) groups is 1. The van der Waals surface area contributed by atoms with E-state index in [2.05, 4.69) is 20.8 Å². The molecule has 2 aromatic rings. The molecule has 0 saturated heterocycles. The molecule has 0 fully saturated rings. The van der Waals surface area contributed by atoms with E-state index in [0.717, 1.165) is 20.9 Å². The molecular formula is C14H18N4O2S3. The smallest absolute Gasteiger partial charge is 0.217 e. The Bertz CT molecular complexity index is 683. The van der Waals surface area contributed by atoms with Crippen LogP contribution in [0.15, 0.2) is 16.5 Å². The summed E-state index contributed by atoms with van der Waals surface area (Å²) < 4.78 is 0.775. The molecular weight excluding hydrogens is 352 g/mol. The summed E-state index contributed by atoms with van der Waals surface area (Å²) in [6.07, 6.45) is 0. The van der Waals surface area contributed by atoms with E-state index in [4.69, 9.17) is 0 Å². The summed E-state index contributed by atoms with van der Waals surface area (Å²) in [4.78, 5) is 25.1. The van der Waals surface area contributed by atoms with Crippen molar-refractivity contribution in [2.24, 2.45) is 0 Å². The Morgan fingerprint density at radius 3 is 2.78 bits per heavy atom. The zero-order valence-corrected chi connectivity index (χ0v) is 15.5. The van der Waals surface area contributed by atoms with E-state index in [-0.39, 0.29) is 16.9 Å². The number of rotatable bonds is 8. The highest BCUT2D eigenvalue weighted by Gasteiger charge is 2.20. The van der Waals surface area contributed by atoms with Gasteiger partial charge in [-0.2, -0.15) is 0 Å². The predicted octanol–water partition coefficient (Wildman–Crippen LogP) is 3.03. The monoisotopic (exact) mass is 370 g/mol. The number of carbonyl (C=O) groups is 2. The van der Waals surface area contributed by atoms with Crippen LogP contribution in [0.3, 0.4) is 0 Å². The first kappa shape index (κ1) is 17.9. The first-order valence-electron chi connectivity index (χ1n) is 7.11. The molecule has 6 nitrogen and oxygen atoms in total. The minimum Gasteiger partial charge on any atom is -0.360 e. The van der Waals surface area contributed by atoms with Crippen LogP contribution in [0.5, 0.6) is 0 Å². The van der Waals surface area contributed by atoms with Gasteiger partial charge in [-0.3, -0.25) is 9.59 Å². The highest BCUT2D eigenvalue weighted by atomic mass is 32.2. The normalized spacial score (nSPS) is 12.0. The second-order valence-corrected chi connectivity index (χ2v) is 8.44. The standard InChI is InChI=1S/C14H18N4O2S3/c1-4-15-13-17-18-14(23-13)21-8(2)12(20)11-6-5-10(22-11)7-16-9(3)19/h5-6,8H,4,7H2,1-3H3,(H,15,17)(H,16,19). The molecule has 9 heteroatoms. The van der Waals surface area contributed by atoms with Crippen LogP contribution in [-0.4, -0.2) is 33.7 Å². The molecule has 0 saturated carbocycles. The molecule has 2 N–H and O–H groups in total. The molecule has 0 bridgehead atoms. The van der Waals surface area contributed by atoms with Gasteiger partial charge in [0.25, 0.3) is 0 Å². The lowest BCUT2D eigenvalue weighted by Crippen LogP contribution is -2.18. The average molecular weight is 371 g/mol. The number of Topliss-reactive ketones (excluding diaryl/α,β-unsaturated/α-hetero) is 1. The summed E-state index contributed by atoms with van der Waals surface area (Å²) >= 11 is 4.27. The van der Waals surface area contributed by atoms with Crippen LogP contribution < -0.4 is 10.6 Å². The van der Waals surface area contributed by atoms with Gasteiger partial charge in [0.2, 0.25) is 11.0 Å². The molecule has 23 heavy (non-hydrogen) atoms. The highest BCUT2D eigenvalue weighted by Crippen LogP contribution is 2.31. The van der Waals surface area contributed by atoms with Crippen LogP contribution in [0.1, 0.15) is 35.3 Å². The Morgan fingerprint density at radius 2 is 2.09 bits per heavy atom. The van der Waals surface area contributed by atoms with Crippen LogP contribution in [0.25, 0.3) is 0 Å². The first-order valence-corrected chi connectivity index (χ1v) is 9.62. The van der Waals surface area contributed by atoms with Gasteiger partial charge < -0.3 is 10.6 Å². The largest absolute Gasteiger partial charge is 0.360 e. The van der Waals surface area contributed by atoms with Gasteiger partial charge >= 0.3 is 0 Å². The zero-order chi connectivity index (χ0) is 16.8. The SMILES string of the molecule is CCNc1nnc(SC(C)C(=O)c2ccc(CNC(C)=O)s2)s1. The van der Waals surface area contributed by atoms with Crippen molar-refractivity contribution < 1.29 is 9.59 Å². The maximum atomic E-state index is 12.5. The van der Waals surface area contributed by atoms with E-state index in [0.29, 0.717) is 11.4 Å². The van der Waals surface area contributed by atoms with Gasteiger partial charge in [-0.05, 0) is 26.0 Å². The molecule has 0 aromatic carbocycles. The summed E-state index contributed by atoms with van der Waals surface area (Å²) in [5.74, 6) is -0.0164. The predicted molar refractivity (Wildman–Crippen MR) is 95.6 cm³/mol. The molecule has 2 aromatic heterocycles. The molecule has 2 heterocycles. The van der Waals surface area contributed by atoms with Crippen molar-refractivity contribution in [2.45, 2.75) is 36.9 Å². The number of aromatic nitrogens is 2. The number of hydrogen-bond acceptors (Lipinski definition) is 8. The second-order valence-electron chi connectivity index (χ2n) is 4.70. The Morgan fingerprint density at radius 1 is 1.30 bits per heavy atom. The summed E-state index contributed by atoms with van der Waals surface area (Å²) in [5.41, 5.74) is 0. The van der Waals surface area contributed by atoms with Gasteiger partial charge in [0, 0.05) is 18.3 Å². The van der Waals surface area contributed by atoms with Crippen molar-refractivity contribution in [1.29, 1.82) is 0 Å². The summed E-state index contributed by atoms with van der Waals surface area (Å²) in [7, 11) is 0. The van der Waals surface area contributed by atoms with Gasteiger partial charge in [-0.1, -0.05) is 23.1 Å². The Balaban J connectivity index is 1.94. The van der Waals surface area contributed by atoms with E-state index in [9.17, 15) is 9.59 Å². The van der Waals surface area contributed by atoms with Crippen LogP contribution >= 0.6 is 34.4 Å². The van der Waals surface area contributed by atoms with E-state index in [1.807, 2.05) is 26.0 Å². The number of nitrogens with zero attached hydrogens (tertiary/aromatic N) is 2. The molecule has 1 atom stereocenters. The number of hydrogen-bond donors (Lipinski definition) is 2. The number of thiophene rings is 1. The minimum atomic E-state index is -0.232. The highest BCUT2D eigenvalue weighted by molar-refractivity contribution is 8.02. The lowest BCUT2D eigenvalue weighted by molar-refractivity contribution is -0.119. The summed E-state index contributed by atoms with van der Waals surface area (Å²) in [6.45, 7) is 6.59. The summed E-state index contributed by atoms with van der Waals surface area (Å²) in [6, 6.07) is 3.69. The van der Waals surface area contributed by atoms with Gasteiger partial charge in [-0.25, -0.2) is 0 Å². The number of anilines is 1. The van der Waals surface area contributed by atoms with E-state index in [1.54, 1.807) is 0 Å². The number of nitrogens with one attached hydrogen (secondary N) is 2. The summed E-state index contributed by atoms with van der Waals surface area (Å²) in [5, 5.41) is 14.5. The molecule has 0 aliphatic heterocycles. The lowest BCUT2D eigenvalue weighted by Gasteiger charge is -2.05. The second kappa shape index (κ2) is 8.42. The number of ketones is 1. The van der Waals surface area contributed by atoms with Crippen LogP contribution in [0.4, 0.5) is 5.13 Å². The van der Waals surface area contributed by atoms with E-state index >= 15 is 0 Å². The maximum Gasteiger partial charge on any atom is 0.217 e. The molecule has 0 spiro atoms. The molecule has 1 unspecified atom stereocenters. The molecule has 124 valence electrons. The fourth-order valence-corrected chi connectivity index (χ4v) is 4.78. The van der Waals surface area contributed by atoms with Crippen molar-refractivity contribution in [3.05, 3.63) is 21.9 Å². The fraction of sp³-hybridized carbons (Fsp3) is 0.429. The Kier molecular flexibility index (Phi) is 6.55. The third kappa shape index (κ3) is 5.29. The molecule has 0 radical (unpaired) electrons.